The summed E-state index contributed by atoms with van der Waals surface area (Å²) in [7, 11) is -2.84. The fourth-order valence-corrected chi connectivity index (χ4v) is 2.01. The van der Waals surface area contributed by atoms with Crippen molar-refractivity contribution in [2.75, 3.05) is 0 Å². The van der Waals surface area contributed by atoms with Gasteiger partial charge in [0, 0.05) is 10.9 Å². The summed E-state index contributed by atoms with van der Waals surface area (Å²) in [5.41, 5.74) is 0.223. The maximum Gasteiger partial charge on any atom is 0.218 e. The Bertz CT molecular complexity index is 374. The minimum atomic E-state index is -2.84. The van der Waals surface area contributed by atoms with Crippen LogP contribution in [0.5, 0.6) is 0 Å². The van der Waals surface area contributed by atoms with Gasteiger partial charge in [-0.3, -0.25) is 4.57 Å². The van der Waals surface area contributed by atoms with Gasteiger partial charge in [-0.15, -0.1) is 0 Å². The number of halogens is 1. The topological polar surface area (TPSA) is 37.3 Å². The molecule has 1 aromatic rings. The van der Waals surface area contributed by atoms with Crippen LogP contribution in [-0.4, -0.2) is 4.89 Å². The Morgan fingerprint density at radius 1 is 1.57 bits per heavy atom. The summed E-state index contributed by atoms with van der Waals surface area (Å²) < 4.78 is 24.2. The van der Waals surface area contributed by atoms with Crippen molar-refractivity contribution in [2.24, 2.45) is 0 Å². The van der Waals surface area contributed by atoms with Crippen LogP contribution >= 0.6 is 8.03 Å². The molecular weight excluding hydrogens is 202 g/mol. The minimum Gasteiger partial charge on any atom is -0.343 e. The van der Waals surface area contributed by atoms with E-state index >= 15 is 0 Å². The van der Waals surface area contributed by atoms with Crippen molar-refractivity contribution in [1.82, 2.24) is 0 Å². The first-order chi connectivity index (χ1) is 6.66. The standard InChI is InChI=1S/C10H12FO2P/c1-2-5-10(14(12)13)8-6-3-4-7-9(8)11/h3-7,14H,2H2,1H3,(H,12,13). The Hall–Kier alpha value is -0.920. The van der Waals surface area contributed by atoms with Crippen LogP contribution in [-0.2, 0) is 4.57 Å². The predicted molar refractivity (Wildman–Crippen MR) is 55.9 cm³/mol. The van der Waals surface area contributed by atoms with Crippen molar-refractivity contribution >= 4 is 13.3 Å². The zero-order chi connectivity index (χ0) is 10.6. The molecule has 2 nitrogen and oxygen atoms in total. The Morgan fingerprint density at radius 3 is 2.71 bits per heavy atom. The van der Waals surface area contributed by atoms with Gasteiger partial charge in [-0.1, -0.05) is 31.2 Å². The zero-order valence-electron chi connectivity index (χ0n) is 7.83. The zero-order valence-corrected chi connectivity index (χ0v) is 8.83. The highest BCUT2D eigenvalue weighted by molar-refractivity contribution is 7.50. The van der Waals surface area contributed by atoms with E-state index in [0.717, 1.165) is 0 Å². The van der Waals surface area contributed by atoms with E-state index in [4.69, 9.17) is 4.89 Å². The highest BCUT2D eigenvalue weighted by Gasteiger charge is 2.10. The van der Waals surface area contributed by atoms with E-state index in [-0.39, 0.29) is 10.9 Å². The second-order valence-electron chi connectivity index (χ2n) is 2.81. The third-order valence-corrected chi connectivity index (χ3v) is 2.74. The average Bonchev–Trinajstić information content (AvgIpc) is 2.15. The Morgan fingerprint density at radius 2 is 2.21 bits per heavy atom. The first-order valence-electron chi connectivity index (χ1n) is 4.35. The number of hydrogen-bond donors (Lipinski definition) is 1. The Labute approximate surface area is 83.0 Å². The quantitative estimate of drug-likeness (QED) is 0.785. The van der Waals surface area contributed by atoms with E-state index in [1.807, 2.05) is 6.92 Å². The summed E-state index contributed by atoms with van der Waals surface area (Å²) in [6.07, 6.45) is 2.19. The molecule has 0 saturated carbocycles. The van der Waals surface area contributed by atoms with E-state index < -0.39 is 13.8 Å². The lowest BCUT2D eigenvalue weighted by Crippen LogP contribution is -1.85. The van der Waals surface area contributed by atoms with Gasteiger partial charge >= 0.3 is 0 Å². The summed E-state index contributed by atoms with van der Waals surface area (Å²) >= 11 is 0. The van der Waals surface area contributed by atoms with E-state index in [2.05, 4.69) is 0 Å². The number of allylic oxidation sites excluding steroid dienone is 1. The molecule has 0 aliphatic heterocycles. The molecule has 0 saturated heterocycles. The number of rotatable bonds is 3. The first-order valence-corrected chi connectivity index (χ1v) is 5.70. The average molecular weight is 214 g/mol. The van der Waals surface area contributed by atoms with Gasteiger partial charge in [0.05, 0.1) is 0 Å². The molecule has 76 valence electrons. The molecule has 14 heavy (non-hydrogen) atoms. The minimum absolute atomic E-state index is 0.204. The fraction of sp³-hybridized carbons (Fsp3) is 0.200. The molecule has 0 aliphatic rings. The second kappa shape index (κ2) is 5.08. The summed E-state index contributed by atoms with van der Waals surface area (Å²) in [6, 6.07) is 5.99. The molecule has 0 bridgehead atoms. The maximum atomic E-state index is 13.2. The molecule has 4 heteroatoms. The van der Waals surface area contributed by atoms with E-state index in [0.29, 0.717) is 6.42 Å². The lowest BCUT2D eigenvalue weighted by atomic mass is 10.2. The molecule has 1 unspecified atom stereocenters. The third kappa shape index (κ3) is 2.53. The maximum absolute atomic E-state index is 13.2. The van der Waals surface area contributed by atoms with Crippen LogP contribution in [0.3, 0.4) is 0 Å². The van der Waals surface area contributed by atoms with Crippen LogP contribution in [0, 0.1) is 5.82 Å². The molecule has 0 spiro atoms. The van der Waals surface area contributed by atoms with Crippen molar-refractivity contribution < 1.29 is 13.8 Å². The third-order valence-electron chi connectivity index (χ3n) is 1.80. The summed E-state index contributed by atoms with van der Waals surface area (Å²) in [5.74, 6) is -0.459. The van der Waals surface area contributed by atoms with Gasteiger partial charge in [0.15, 0.2) is 0 Å². The van der Waals surface area contributed by atoms with E-state index in [1.165, 1.54) is 12.1 Å². The van der Waals surface area contributed by atoms with Gasteiger partial charge in [-0.05, 0) is 12.5 Å². The number of benzene rings is 1. The molecule has 0 amide bonds. The van der Waals surface area contributed by atoms with E-state index in [9.17, 15) is 8.96 Å². The van der Waals surface area contributed by atoms with Crippen LogP contribution in [0.2, 0.25) is 0 Å². The highest BCUT2D eigenvalue weighted by atomic mass is 31.1. The van der Waals surface area contributed by atoms with Gasteiger partial charge in [-0.25, -0.2) is 4.39 Å². The summed E-state index contributed by atoms with van der Waals surface area (Å²) in [4.78, 5) is 9.03. The molecule has 0 heterocycles. The molecule has 0 fully saturated rings. The van der Waals surface area contributed by atoms with Crippen LogP contribution in [0.15, 0.2) is 30.3 Å². The fourth-order valence-electron chi connectivity index (χ4n) is 1.20. The van der Waals surface area contributed by atoms with Crippen molar-refractivity contribution in [3.63, 3.8) is 0 Å². The van der Waals surface area contributed by atoms with Crippen LogP contribution in [0.1, 0.15) is 18.9 Å². The van der Waals surface area contributed by atoms with Gasteiger partial charge in [-0.2, -0.15) is 0 Å². The Kier molecular flexibility index (Phi) is 4.05. The van der Waals surface area contributed by atoms with Gasteiger partial charge in [0.1, 0.15) is 5.82 Å². The molecule has 1 rings (SSSR count). The molecular formula is C10H12FO2P. The van der Waals surface area contributed by atoms with Crippen LogP contribution in [0.4, 0.5) is 4.39 Å². The van der Waals surface area contributed by atoms with Crippen molar-refractivity contribution in [2.45, 2.75) is 13.3 Å². The molecule has 0 radical (unpaired) electrons. The predicted octanol–water partition coefficient (Wildman–Crippen LogP) is 3.04. The van der Waals surface area contributed by atoms with Crippen molar-refractivity contribution in [3.8, 4) is 0 Å². The van der Waals surface area contributed by atoms with Crippen molar-refractivity contribution in [3.05, 3.63) is 41.7 Å². The largest absolute Gasteiger partial charge is 0.343 e. The molecule has 0 aliphatic carbocycles. The van der Waals surface area contributed by atoms with Crippen LogP contribution < -0.4 is 0 Å². The second-order valence-corrected chi connectivity index (χ2v) is 3.96. The first kappa shape index (κ1) is 11.2. The number of hydrogen-bond acceptors (Lipinski definition) is 1. The molecule has 1 N–H and O–H groups in total. The van der Waals surface area contributed by atoms with Crippen LogP contribution in [0.25, 0.3) is 5.31 Å². The lowest BCUT2D eigenvalue weighted by Gasteiger charge is -2.04. The smallest absolute Gasteiger partial charge is 0.218 e. The van der Waals surface area contributed by atoms with Gasteiger partial charge < -0.3 is 4.89 Å². The summed E-state index contributed by atoms with van der Waals surface area (Å²) in [5, 5.41) is 0.204. The monoisotopic (exact) mass is 214 g/mol. The molecule has 0 aromatic heterocycles. The van der Waals surface area contributed by atoms with Gasteiger partial charge in [0.2, 0.25) is 8.03 Å². The summed E-state index contributed by atoms with van der Waals surface area (Å²) in [6.45, 7) is 1.84. The van der Waals surface area contributed by atoms with E-state index in [1.54, 1.807) is 18.2 Å². The van der Waals surface area contributed by atoms with Crippen molar-refractivity contribution in [1.29, 1.82) is 0 Å². The lowest BCUT2D eigenvalue weighted by molar-refractivity contribution is 0.513. The van der Waals surface area contributed by atoms with Gasteiger partial charge in [0.25, 0.3) is 0 Å². The molecule has 1 aromatic carbocycles. The highest BCUT2D eigenvalue weighted by Crippen LogP contribution is 2.37. The Balaban J connectivity index is 3.19. The normalized spacial score (nSPS) is 14.1. The molecule has 1 atom stereocenters. The SMILES string of the molecule is CCC=C(c1ccccc1F)[PH](=O)O.